The highest BCUT2D eigenvalue weighted by Crippen LogP contribution is 2.30. The van der Waals surface area contributed by atoms with Crippen LogP contribution in [-0.2, 0) is 20.0 Å². The summed E-state index contributed by atoms with van der Waals surface area (Å²) >= 11 is 0. The van der Waals surface area contributed by atoms with Gasteiger partial charge in [0.15, 0.2) is 12.6 Å². The third-order valence-corrected chi connectivity index (χ3v) is 8.81. The molecule has 0 N–H and O–H groups in total. The maximum atomic E-state index is 13.4. The minimum atomic E-state index is -4.20. The van der Waals surface area contributed by atoms with Crippen LogP contribution in [0.4, 0.5) is 0 Å². The Morgan fingerprint density at radius 3 is 1.65 bits per heavy atom. The number of hydrogen-bond donors (Lipinski definition) is 0. The van der Waals surface area contributed by atoms with Crippen molar-refractivity contribution in [2.24, 2.45) is 0 Å². The van der Waals surface area contributed by atoms with Crippen LogP contribution in [0.25, 0.3) is 11.3 Å². The Morgan fingerprint density at radius 2 is 1.15 bits per heavy atom. The Kier molecular flexibility index (Phi) is 5.88. The lowest BCUT2D eigenvalue weighted by Crippen LogP contribution is -2.17. The van der Waals surface area contributed by atoms with Gasteiger partial charge in [0, 0.05) is 11.8 Å². The summed E-state index contributed by atoms with van der Waals surface area (Å²) in [7, 11) is -8.33. The molecule has 4 aromatic rings. The van der Waals surface area contributed by atoms with Crippen LogP contribution in [0.3, 0.4) is 0 Å². The van der Waals surface area contributed by atoms with Gasteiger partial charge >= 0.3 is 0 Å². The second kappa shape index (κ2) is 8.54. The molecule has 0 aliphatic heterocycles. The lowest BCUT2D eigenvalue weighted by Gasteiger charge is -2.12. The molecule has 0 saturated heterocycles. The fourth-order valence-corrected chi connectivity index (χ4v) is 6.37. The Morgan fingerprint density at radius 1 is 0.647 bits per heavy atom. The zero-order valence-electron chi connectivity index (χ0n) is 18.2. The van der Waals surface area contributed by atoms with Gasteiger partial charge in [-0.3, -0.25) is 9.59 Å². The standard InChI is InChI=1S/C24H20N2O6S2/c1-17-3-8-22(9-4-17)33(29,30)25-14-19(13-21(25)16-28)24-12-7-20(15-27)26(24)34(31,32)23-10-5-18(2)6-11-23/h3-16H,1-2H3. The maximum Gasteiger partial charge on any atom is 0.268 e. The van der Waals surface area contributed by atoms with E-state index in [1.165, 1.54) is 48.7 Å². The van der Waals surface area contributed by atoms with Crippen molar-refractivity contribution in [1.29, 1.82) is 0 Å². The van der Waals surface area contributed by atoms with Gasteiger partial charge in [-0.25, -0.2) is 24.8 Å². The molecule has 2 heterocycles. The summed E-state index contributed by atoms with van der Waals surface area (Å²) in [5, 5.41) is 0. The molecule has 4 rings (SSSR count). The van der Waals surface area contributed by atoms with Crippen molar-refractivity contribution in [2.45, 2.75) is 23.6 Å². The smallest absolute Gasteiger partial charge is 0.268 e. The first kappa shape index (κ1) is 23.4. The Labute approximate surface area is 197 Å². The molecule has 2 aromatic carbocycles. The van der Waals surface area contributed by atoms with Gasteiger partial charge in [-0.1, -0.05) is 35.4 Å². The highest BCUT2D eigenvalue weighted by atomic mass is 32.2. The maximum absolute atomic E-state index is 13.4. The predicted molar refractivity (Wildman–Crippen MR) is 126 cm³/mol. The van der Waals surface area contributed by atoms with Gasteiger partial charge in [-0.15, -0.1) is 0 Å². The minimum absolute atomic E-state index is 0.0282. The molecule has 0 amide bonds. The molecule has 34 heavy (non-hydrogen) atoms. The van der Waals surface area contributed by atoms with Gasteiger partial charge in [0.1, 0.15) is 0 Å². The molecule has 0 bridgehead atoms. The molecule has 8 nitrogen and oxygen atoms in total. The first-order chi connectivity index (χ1) is 16.1. The highest BCUT2D eigenvalue weighted by molar-refractivity contribution is 7.90. The molecule has 0 unspecified atom stereocenters. The molecule has 10 heteroatoms. The van der Waals surface area contributed by atoms with E-state index in [-0.39, 0.29) is 32.4 Å². The van der Waals surface area contributed by atoms with E-state index < -0.39 is 20.0 Å². The lowest BCUT2D eigenvalue weighted by molar-refractivity contribution is 0.111. The largest absolute Gasteiger partial charge is 0.296 e. The predicted octanol–water partition coefficient (Wildman–Crippen LogP) is 3.67. The molecule has 0 radical (unpaired) electrons. The summed E-state index contributed by atoms with van der Waals surface area (Å²) in [6.07, 6.45) is 1.94. The number of carbonyl (C=O) groups excluding carboxylic acids is 2. The summed E-state index contributed by atoms with van der Waals surface area (Å²) in [5.41, 5.74) is 1.57. The SMILES string of the molecule is Cc1ccc(S(=O)(=O)n2cc(-c3ccc(C=O)n3S(=O)(=O)c3ccc(C)cc3)cc2C=O)cc1. The zero-order chi connectivity index (χ0) is 24.7. The number of aldehydes is 2. The zero-order valence-corrected chi connectivity index (χ0v) is 19.9. The van der Waals surface area contributed by atoms with Crippen LogP contribution in [-0.4, -0.2) is 37.4 Å². The molecule has 0 atom stereocenters. The van der Waals surface area contributed by atoms with E-state index in [0.717, 1.165) is 19.1 Å². The summed E-state index contributed by atoms with van der Waals surface area (Å²) in [6.45, 7) is 3.63. The van der Waals surface area contributed by atoms with Crippen molar-refractivity contribution in [3.05, 3.63) is 95.4 Å². The van der Waals surface area contributed by atoms with Crippen molar-refractivity contribution in [3.63, 3.8) is 0 Å². The van der Waals surface area contributed by atoms with Crippen LogP contribution in [0.5, 0.6) is 0 Å². The van der Waals surface area contributed by atoms with Crippen molar-refractivity contribution >= 4 is 32.6 Å². The first-order valence-electron chi connectivity index (χ1n) is 10.1. The first-order valence-corrected chi connectivity index (χ1v) is 13.0. The second-order valence-corrected chi connectivity index (χ2v) is 11.3. The van der Waals surface area contributed by atoms with Crippen molar-refractivity contribution in [1.82, 2.24) is 7.94 Å². The number of hydrogen-bond acceptors (Lipinski definition) is 6. The van der Waals surface area contributed by atoms with E-state index in [1.54, 1.807) is 24.3 Å². The minimum Gasteiger partial charge on any atom is -0.296 e. The second-order valence-electron chi connectivity index (χ2n) is 7.73. The number of nitrogens with zero attached hydrogens (tertiary/aromatic N) is 2. The van der Waals surface area contributed by atoms with Crippen LogP contribution in [0, 0.1) is 13.8 Å². The van der Waals surface area contributed by atoms with E-state index >= 15 is 0 Å². The fourth-order valence-electron chi connectivity index (χ4n) is 3.54. The molecule has 2 aromatic heterocycles. The van der Waals surface area contributed by atoms with E-state index in [9.17, 15) is 26.4 Å². The van der Waals surface area contributed by atoms with Gasteiger partial charge in [-0.05, 0) is 56.3 Å². The van der Waals surface area contributed by atoms with Crippen LogP contribution in [0.2, 0.25) is 0 Å². The van der Waals surface area contributed by atoms with Crippen LogP contribution < -0.4 is 0 Å². The van der Waals surface area contributed by atoms with Crippen LogP contribution >= 0.6 is 0 Å². The summed E-state index contributed by atoms with van der Waals surface area (Å²) in [6, 6.07) is 16.2. The molecule has 0 spiro atoms. The van der Waals surface area contributed by atoms with Gasteiger partial charge in [0.05, 0.1) is 26.9 Å². The van der Waals surface area contributed by atoms with E-state index in [0.29, 0.717) is 12.6 Å². The van der Waals surface area contributed by atoms with E-state index in [2.05, 4.69) is 0 Å². The van der Waals surface area contributed by atoms with Gasteiger partial charge < -0.3 is 0 Å². The Hall–Kier alpha value is -3.76. The van der Waals surface area contributed by atoms with Gasteiger partial charge in [0.25, 0.3) is 20.0 Å². The number of rotatable bonds is 7. The average Bonchev–Trinajstić information content (AvgIpc) is 3.44. The molecule has 0 aliphatic rings. The lowest BCUT2D eigenvalue weighted by atomic mass is 10.2. The van der Waals surface area contributed by atoms with Gasteiger partial charge in [-0.2, -0.15) is 0 Å². The normalized spacial score (nSPS) is 11.9. The van der Waals surface area contributed by atoms with Gasteiger partial charge in [0.2, 0.25) is 0 Å². The number of aromatic nitrogens is 2. The third-order valence-electron chi connectivity index (χ3n) is 5.35. The molecular formula is C24H20N2O6S2. The summed E-state index contributed by atoms with van der Waals surface area (Å²) < 4.78 is 54.8. The molecule has 0 saturated carbocycles. The molecular weight excluding hydrogens is 476 g/mol. The molecule has 0 aliphatic carbocycles. The van der Waals surface area contributed by atoms with Crippen LogP contribution in [0.1, 0.15) is 32.1 Å². The highest BCUT2D eigenvalue weighted by Gasteiger charge is 2.27. The topological polar surface area (TPSA) is 112 Å². The third kappa shape index (κ3) is 3.91. The fraction of sp³-hybridized carbons (Fsp3) is 0.0833. The molecule has 0 fully saturated rings. The quantitative estimate of drug-likeness (QED) is 0.361. The summed E-state index contributed by atoms with van der Waals surface area (Å²) in [5.74, 6) is 0. The average molecular weight is 497 g/mol. The number of carbonyl (C=O) groups is 2. The van der Waals surface area contributed by atoms with Crippen molar-refractivity contribution in [2.75, 3.05) is 0 Å². The summed E-state index contributed by atoms with van der Waals surface area (Å²) in [4.78, 5) is 23.3. The monoisotopic (exact) mass is 496 g/mol. The number of benzene rings is 2. The van der Waals surface area contributed by atoms with E-state index in [1.807, 2.05) is 13.8 Å². The molecule has 174 valence electrons. The van der Waals surface area contributed by atoms with Crippen molar-refractivity contribution in [3.8, 4) is 11.3 Å². The Balaban J connectivity index is 1.91. The van der Waals surface area contributed by atoms with E-state index in [4.69, 9.17) is 0 Å². The van der Waals surface area contributed by atoms with Crippen molar-refractivity contribution < 1.29 is 26.4 Å². The number of aryl methyl sites for hydroxylation is 2. The van der Waals surface area contributed by atoms with Crippen LogP contribution in [0.15, 0.2) is 82.7 Å². The Bertz CT molecular complexity index is 1610.